The minimum atomic E-state index is 0.829. The molecule has 0 spiro atoms. The molecule has 0 fully saturated rings. The van der Waals surface area contributed by atoms with Gasteiger partial charge in [-0.25, -0.2) is 0 Å². The van der Waals surface area contributed by atoms with Crippen LogP contribution in [0.2, 0.25) is 0 Å². The highest BCUT2D eigenvalue weighted by Crippen LogP contribution is 2.17. The summed E-state index contributed by atoms with van der Waals surface area (Å²) in [5, 5.41) is 0. The molecule has 2 heteroatoms. The summed E-state index contributed by atoms with van der Waals surface area (Å²) in [6.45, 7) is 12.2. The first kappa shape index (κ1) is 24.2. The summed E-state index contributed by atoms with van der Waals surface area (Å²) in [6, 6.07) is 0. The SMILES string of the molecule is CCCCCCCC[N+](CCCl)(CCCC)CCCCCCCC. The van der Waals surface area contributed by atoms with Crippen LogP contribution in [0, 0.1) is 0 Å². The van der Waals surface area contributed by atoms with Crippen LogP contribution in [0.1, 0.15) is 111 Å². The normalized spacial score (nSPS) is 12.0. The molecule has 0 aromatic carbocycles. The predicted molar refractivity (Wildman–Crippen MR) is 112 cm³/mol. The Morgan fingerprint density at radius 3 is 1.25 bits per heavy atom. The summed E-state index contributed by atoms with van der Waals surface area (Å²) in [5.41, 5.74) is 0. The van der Waals surface area contributed by atoms with Gasteiger partial charge in [-0.05, 0) is 32.1 Å². The first-order chi connectivity index (χ1) is 11.7. The van der Waals surface area contributed by atoms with Crippen LogP contribution < -0.4 is 0 Å². The second-order valence-electron chi connectivity index (χ2n) is 7.81. The molecule has 0 saturated carbocycles. The van der Waals surface area contributed by atoms with Crippen molar-refractivity contribution in [3.63, 3.8) is 0 Å². The van der Waals surface area contributed by atoms with E-state index in [0.29, 0.717) is 0 Å². The summed E-state index contributed by atoms with van der Waals surface area (Å²) in [6.07, 6.45) is 19.6. The van der Waals surface area contributed by atoms with E-state index in [-0.39, 0.29) is 0 Å². The van der Waals surface area contributed by atoms with Crippen LogP contribution in [0.4, 0.5) is 0 Å². The van der Waals surface area contributed by atoms with Crippen molar-refractivity contribution in [2.45, 2.75) is 111 Å². The number of halogens is 1. The summed E-state index contributed by atoms with van der Waals surface area (Å²) >= 11 is 6.21. The highest BCUT2D eigenvalue weighted by atomic mass is 35.5. The van der Waals surface area contributed by atoms with E-state index in [0.717, 1.165) is 5.88 Å². The fourth-order valence-corrected chi connectivity index (χ4v) is 4.16. The van der Waals surface area contributed by atoms with Gasteiger partial charge in [0.25, 0.3) is 0 Å². The van der Waals surface area contributed by atoms with Crippen molar-refractivity contribution in [2.75, 3.05) is 32.1 Å². The number of alkyl halides is 1. The molecule has 0 aliphatic carbocycles. The average molecular weight is 361 g/mol. The Kier molecular flexibility index (Phi) is 18.2. The fraction of sp³-hybridized carbons (Fsp3) is 1.00. The lowest BCUT2D eigenvalue weighted by molar-refractivity contribution is -0.926. The maximum atomic E-state index is 6.21. The molecule has 0 atom stereocenters. The zero-order valence-electron chi connectivity index (χ0n) is 17.3. The first-order valence-corrected chi connectivity index (χ1v) is 11.7. The number of hydrogen-bond donors (Lipinski definition) is 0. The van der Waals surface area contributed by atoms with Crippen LogP contribution in [0.15, 0.2) is 0 Å². The van der Waals surface area contributed by atoms with Gasteiger partial charge in [0.2, 0.25) is 0 Å². The highest BCUT2D eigenvalue weighted by Gasteiger charge is 2.25. The van der Waals surface area contributed by atoms with Crippen molar-refractivity contribution < 1.29 is 4.48 Å². The van der Waals surface area contributed by atoms with Gasteiger partial charge in [0.1, 0.15) is 0 Å². The van der Waals surface area contributed by atoms with Crippen molar-refractivity contribution in [2.24, 2.45) is 0 Å². The Bertz CT molecular complexity index is 226. The number of rotatable bonds is 19. The van der Waals surface area contributed by atoms with Crippen LogP contribution in [0.3, 0.4) is 0 Å². The van der Waals surface area contributed by atoms with Gasteiger partial charge in [0, 0.05) is 0 Å². The van der Waals surface area contributed by atoms with Crippen LogP contribution in [0.5, 0.6) is 0 Å². The van der Waals surface area contributed by atoms with E-state index < -0.39 is 0 Å². The number of unbranched alkanes of at least 4 members (excludes halogenated alkanes) is 11. The Labute approximate surface area is 159 Å². The van der Waals surface area contributed by atoms with Crippen LogP contribution in [0.25, 0.3) is 0 Å². The lowest BCUT2D eigenvalue weighted by Crippen LogP contribution is -2.51. The summed E-state index contributed by atoms with van der Waals surface area (Å²) < 4.78 is 1.30. The maximum absolute atomic E-state index is 6.21. The lowest BCUT2D eigenvalue weighted by atomic mass is 10.1. The third-order valence-corrected chi connectivity index (χ3v) is 5.69. The topological polar surface area (TPSA) is 0 Å². The molecule has 0 aromatic heterocycles. The van der Waals surface area contributed by atoms with Crippen LogP contribution in [-0.2, 0) is 0 Å². The molecule has 0 aliphatic heterocycles. The highest BCUT2D eigenvalue weighted by molar-refractivity contribution is 6.17. The van der Waals surface area contributed by atoms with Gasteiger partial charge in [0.15, 0.2) is 0 Å². The van der Waals surface area contributed by atoms with E-state index >= 15 is 0 Å². The van der Waals surface area contributed by atoms with E-state index in [1.165, 1.54) is 121 Å². The Hall–Kier alpha value is 0.250. The minimum absolute atomic E-state index is 0.829. The Morgan fingerprint density at radius 2 is 0.833 bits per heavy atom. The van der Waals surface area contributed by atoms with Crippen molar-refractivity contribution in [1.82, 2.24) is 0 Å². The molecule has 0 aliphatic rings. The van der Waals surface area contributed by atoms with E-state index in [4.69, 9.17) is 11.6 Å². The quantitative estimate of drug-likeness (QED) is 0.126. The van der Waals surface area contributed by atoms with Crippen LogP contribution in [-0.4, -0.2) is 36.5 Å². The number of quaternary nitrogens is 1. The molecular formula is C22H47ClN+. The maximum Gasteiger partial charge on any atom is 0.0924 e. The van der Waals surface area contributed by atoms with Crippen LogP contribution >= 0.6 is 11.6 Å². The summed E-state index contributed by atoms with van der Waals surface area (Å²) in [5.74, 6) is 0.829. The average Bonchev–Trinajstić information content (AvgIpc) is 2.59. The first-order valence-electron chi connectivity index (χ1n) is 11.2. The third kappa shape index (κ3) is 13.5. The van der Waals surface area contributed by atoms with Crippen molar-refractivity contribution in [3.8, 4) is 0 Å². The summed E-state index contributed by atoms with van der Waals surface area (Å²) in [7, 11) is 0. The van der Waals surface area contributed by atoms with Gasteiger partial charge in [-0.1, -0.05) is 78.6 Å². The van der Waals surface area contributed by atoms with Crippen molar-refractivity contribution in [3.05, 3.63) is 0 Å². The second kappa shape index (κ2) is 18.1. The fourth-order valence-electron chi connectivity index (χ4n) is 3.80. The molecule has 0 amide bonds. The van der Waals surface area contributed by atoms with Gasteiger partial charge in [0.05, 0.1) is 32.1 Å². The monoisotopic (exact) mass is 360 g/mol. The zero-order chi connectivity index (χ0) is 17.9. The van der Waals surface area contributed by atoms with E-state index in [1.54, 1.807) is 0 Å². The molecule has 146 valence electrons. The molecule has 0 aromatic rings. The molecule has 0 N–H and O–H groups in total. The van der Waals surface area contributed by atoms with E-state index in [9.17, 15) is 0 Å². The standard InChI is InChI=1S/C22H47ClN/c1-4-7-10-12-14-16-20-24(22-18-23,19-9-6-3)21-17-15-13-11-8-5-2/h4-22H2,1-3H3/q+1. The van der Waals surface area contributed by atoms with Crippen molar-refractivity contribution >= 4 is 11.6 Å². The largest absolute Gasteiger partial charge is 0.323 e. The Morgan fingerprint density at radius 1 is 0.458 bits per heavy atom. The molecule has 0 bridgehead atoms. The summed E-state index contributed by atoms with van der Waals surface area (Å²) in [4.78, 5) is 0. The smallest absolute Gasteiger partial charge is 0.0924 e. The molecule has 0 saturated heterocycles. The third-order valence-electron chi connectivity index (χ3n) is 5.52. The molecule has 0 heterocycles. The van der Waals surface area contributed by atoms with Gasteiger partial charge < -0.3 is 4.48 Å². The lowest BCUT2D eigenvalue weighted by Gasteiger charge is -2.39. The molecule has 0 unspecified atom stereocenters. The number of hydrogen-bond acceptors (Lipinski definition) is 0. The molecule has 24 heavy (non-hydrogen) atoms. The predicted octanol–water partition coefficient (Wildman–Crippen LogP) is 7.56. The molecular weight excluding hydrogens is 314 g/mol. The van der Waals surface area contributed by atoms with Gasteiger partial charge in [-0.15, -0.1) is 11.6 Å². The molecule has 1 nitrogen and oxygen atoms in total. The van der Waals surface area contributed by atoms with Gasteiger partial charge in [-0.3, -0.25) is 0 Å². The Balaban J connectivity index is 4.23. The van der Waals surface area contributed by atoms with Gasteiger partial charge >= 0.3 is 0 Å². The second-order valence-corrected chi connectivity index (χ2v) is 8.19. The minimum Gasteiger partial charge on any atom is -0.323 e. The van der Waals surface area contributed by atoms with Gasteiger partial charge in [-0.2, -0.15) is 0 Å². The molecule has 0 radical (unpaired) electrons. The zero-order valence-corrected chi connectivity index (χ0v) is 18.0. The number of nitrogens with zero attached hydrogens (tertiary/aromatic N) is 1. The van der Waals surface area contributed by atoms with E-state index in [1.807, 2.05) is 0 Å². The van der Waals surface area contributed by atoms with Crippen molar-refractivity contribution in [1.29, 1.82) is 0 Å². The molecule has 0 rings (SSSR count). The van der Waals surface area contributed by atoms with E-state index in [2.05, 4.69) is 20.8 Å².